The summed E-state index contributed by atoms with van der Waals surface area (Å²) in [6.45, 7) is 5.18. The smallest absolute Gasteiger partial charge is 0.259 e. The molecule has 5 rings (SSSR count). The molecule has 194 valence electrons. The summed E-state index contributed by atoms with van der Waals surface area (Å²) in [6, 6.07) is 17.8. The number of H-pyrrole nitrogens is 1. The molecule has 2 heterocycles. The number of halogens is 1. The second-order valence-corrected chi connectivity index (χ2v) is 10.2. The Morgan fingerprint density at radius 2 is 1.81 bits per heavy atom. The maximum Gasteiger partial charge on any atom is 0.259 e. The van der Waals surface area contributed by atoms with E-state index in [9.17, 15) is 9.59 Å². The average Bonchev–Trinajstić information content (AvgIpc) is 3.34. The number of nitrogens with one attached hydrogen (secondary N) is 2. The predicted octanol–water partition coefficient (Wildman–Crippen LogP) is 5.39. The third-order valence-corrected chi connectivity index (χ3v) is 7.42. The van der Waals surface area contributed by atoms with Gasteiger partial charge in [-0.3, -0.25) is 9.59 Å². The normalized spacial score (nSPS) is 20.0. The van der Waals surface area contributed by atoms with E-state index < -0.39 is 0 Å². The highest BCUT2D eigenvalue weighted by Gasteiger charge is 2.35. The van der Waals surface area contributed by atoms with Gasteiger partial charge < -0.3 is 20.9 Å². The summed E-state index contributed by atoms with van der Waals surface area (Å²) in [6.07, 6.45) is 6.02. The molecule has 1 aliphatic carbocycles. The van der Waals surface area contributed by atoms with E-state index in [1.165, 1.54) is 0 Å². The van der Waals surface area contributed by atoms with E-state index in [4.69, 9.17) is 5.73 Å². The first-order chi connectivity index (χ1) is 17.4. The first-order valence-electron chi connectivity index (χ1n) is 12.8. The topological polar surface area (TPSA) is 91.2 Å². The fraction of sp³-hybridized carbons (Fsp3) is 0.333. The number of rotatable bonds is 6. The molecule has 0 atom stereocenters. The Balaban J connectivity index is 0.00000320. The lowest BCUT2D eigenvalue weighted by molar-refractivity contribution is -0.113. The molecule has 1 aliphatic heterocycles. The lowest BCUT2D eigenvalue weighted by Crippen LogP contribution is -2.36. The quantitative estimate of drug-likeness (QED) is 0.382. The highest BCUT2D eigenvalue weighted by molar-refractivity contribution is 6.36. The largest absolute Gasteiger partial charge is 0.359 e. The molecule has 2 aromatic carbocycles. The fourth-order valence-electron chi connectivity index (χ4n) is 5.37. The molecule has 7 heteroatoms. The number of amides is 2. The second kappa shape index (κ2) is 11.4. The number of aromatic nitrogens is 1. The number of anilines is 1. The molecule has 0 spiro atoms. The van der Waals surface area contributed by atoms with Gasteiger partial charge in [-0.15, -0.1) is 12.4 Å². The summed E-state index contributed by atoms with van der Waals surface area (Å²) in [4.78, 5) is 32.0. The van der Waals surface area contributed by atoms with Crippen molar-refractivity contribution in [1.82, 2.24) is 10.3 Å². The van der Waals surface area contributed by atoms with Gasteiger partial charge in [0.15, 0.2) is 0 Å². The lowest BCUT2D eigenvalue weighted by atomic mass is 9.86. The Hall–Kier alpha value is -3.35. The Morgan fingerprint density at radius 3 is 2.49 bits per heavy atom. The minimum Gasteiger partial charge on any atom is -0.359 e. The van der Waals surface area contributed by atoms with Crippen LogP contribution < -0.4 is 16.0 Å². The summed E-state index contributed by atoms with van der Waals surface area (Å²) < 4.78 is 0. The lowest BCUT2D eigenvalue weighted by Gasteiger charge is -2.29. The van der Waals surface area contributed by atoms with Gasteiger partial charge in [-0.05, 0) is 86.9 Å². The highest BCUT2D eigenvalue weighted by atomic mass is 35.5. The molecule has 0 bridgehead atoms. The monoisotopic (exact) mass is 518 g/mol. The molecular formula is C30H35ClN4O2. The van der Waals surface area contributed by atoms with Crippen molar-refractivity contribution in [2.75, 3.05) is 11.4 Å². The van der Waals surface area contributed by atoms with Crippen LogP contribution in [0.1, 0.15) is 64.1 Å². The van der Waals surface area contributed by atoms with Crippen LogP contribution in [0.25, 0.3) is 11.6 Å². The summed E-state index contributed by atoms with van der Waals surface area (Å²) in [5, 5.41) is 3.00. The summed E-state index contributed by atoms with van der Waals surface area (Å²) >= 11 is 0. The van der Waals surface area contributed by atoms with Crippen molar-refractivity contribution < 1.29 is 9.59 Å². The van der Waals surface area contributed by atoms with Gasteiger partial charge in [0.1, 0.15) is 0 Å². The molecule has 2 aliphatic rings. The number of hydrogen-bond donors (Lipinski definition) is 3. The van der Waals surface area contributed by atoms with Crippen LogP contribution in [0, 0.1) is 19.8 Å². The van der Waals surface area contributed by atoms with Crippen molar-refractivity contribution >= 4 is 41.6 Å². The number of fused-ring (bicyclic) bond motifs is 1. The Kier molecular flexibility index (Phi) is 8.20. The number of nitrogens with two attached hydrogens (primary N) is 1. The molecule has 0 saturated heterocycles. The van der Waals surface area contributed by atoms with E-state index in [0.717, 1.165) is 59.4 Å². The maximum absolute atomic E-state index is 13.7. The molecule has 1 fully saturated rings. The number of carbonyl (C=O) groups is 2. The molecule has 0 radical (unpaired) electrons. The van der Waals surface area contributed by atoms with Crippen LogP contribution in [0.2, 0.25) is 0 Å². The van der Waals surface area contributed by atoms with Crippen LogP contribution >= 0.6 is 12.4 Å². The molecule has 3 aromatic rings. The van der Waals surface area contributed by atoms with E-state index in [1.54, 1.807) is 0 Å². The van der Waals surface area contributed by atoms with Crippen molar-refractivity contribution in [3.8, 4) is 0 Å². The van der Waals surface area contributed by atoms with Crippen LogP contribution in [0.3, 0.4) is 0 Å². The van der Waals surface area contributed by atoms with Crippen LogP contribution in [-0.2, 0) is 11.3 Å². The average molecular weight is 519 g/mol. The van der Waals surface area contributed by atoms with E-state index in [1.807, 2.05) is 73.4 Å². The molecule has 2 amide bonds. The van der Waals surface area contributed by atoms with E-state index in [0.29, 0.717) is 30.1 Å². The summed E-state index contributed by atoms with van der Waals surface area (Å²) in [7, 11) is 0. The van der Waals surface area contributed by atoms with Crippen LogP contribution in [-0.4, -0.2) is 29.4 Å². The molecule has 1 saturated carbocycles. The van der Waals surface area contributed by atoms with Crippen molar-refractivity contribution in [1.29, 1.82) is 0 Å². The van der Waals surface area contributed by atoms with E-state index in [-0.39, 0.29) is 30.3 Å². The number of hydrogen-bond acceptors (Lipinski definition) is 3. The van der Waals surface area contributed by atoms with Crippen LogP contribution in [0.4, 0.5) is 5.69 Å². The Bertz CT molecular complexity index is 1310. The zero-order chi connectivity index (χ0) is 25.2. The van der Waals surface area contributed by atoms with Gasteiger partial charge in [0, 0.05) is 41.6 Å². The van der Waals surface area contributed by atoms with Gasteiger partial charge in [0.25, 0.3) is 11.8 Å². The highest BCUT2D eigenvalue weighted by Crippen LogP contribution is 2.40. The minimum absolute atomic E-state index is 0. The number of carbonyl (C=O) groups excluding carboxylic acids is 2. The number of nitrogens with zero attached hydrogens (tertiary/aromatic N) is 1. The third kappa shape index (κ3) is 5.81. The van der Waals surface area contributed by atoms with E-state index >= 15 is 0 Å². The van der Waals surface area contributed by atoms with Crippen molar-refractivity contribution in [2.45, 2.75) is 52.1 Å². The summed E-state index contributed by atoms with van der Waals surface area (Å²) in [5.74, 6) is 0.276. The second-order valence-electron chi connectivity index (χ2n) is 10.2. The number of aryl methyl sites for hydroxylation is 2. The maximum atomic E-state index is 13.7. The zero-order valence-electron chi connectivity index (χ0n) is 21.4. The van der Waals surface area contributed by atoms with Crippen molar-refractivity contribution in [2.24, 2.45) is 11.7 Å². The van der Waals surface area contributed by atoms with Gasteiger partial charge in [0.2, 0.25) is 0 Å². The molecule has 4 N–H and O–H groups in total. The van der Waals surface area contributed by atoms with E-state index in [2.05, 4.69) is 16.4 Å². The molecular weight excluding hydrogens is 484 g/mol. The van der Waals surface area contributed by atoms with Gasteiger partial charge in [-0.25, -0.2) is 0 Å². The summed E-state index contributed by atoms with van der Waals surface area (Å²) in [5.41, 5.74) is 13.1. The molecule has 0 unspecified atom stereocenters. The number of aromatic amines is 1. The first-order valence-corrected chi connectivity index (χ1v) is 12.8. The minimum atomic E-state index is -0.153. The van der Waals surface area contributed by atoms with Crippen molar-refractivity contribution in [3.05, 3.63) is 88.2 Å². The van der Waals surface area contributed by atoms with Gasteiger partial charge >= 0.3 is 0 Å². The standard InChI is InChI=1S/C30H34N4O2.ClH/c1-19-14-20(2)33-27(19)16-26-25-15-23(29(35)32-17-21-6-4-3-5-7-21)10-13-28(25)34(30(26)36)18-22-8-11-24(31)12-9-22;/h3-7,10,13-16,22,24,33H,8-9,11-12,17-18,31H2,1-2H3,(H,32,35);1H/b26-16-;. The predicted molar refractivity (Wildman–Crippen MR) is 152 cm³/mol. The van der Waals surface area contributed by atoms with Gasteiger partial charge in [-0.1, -0.05) is 30.3 Å². The number of benzene rings is 2. The first kappa shape index (κ1) is 26.7. The Morgan fingerprint density at radius 1 is 1.08 bits per heavy atom. The van der Waals surface area contributed by atoms with Crippen molar-refractivity contribution in [3.63, 3.8) is 0 Å². The molecule has 6 nitrogen and oxygen atoms in total. The SMILES string of the molecule is Cc1cc(C)c(/C=C2\C(=O)N(CC3CCC(N)CC3)c3ccc(C(=O)NCc4ccccc4)cc32)[nH]1.Cl. The van der Waals surface area contributed by atoms with Crippen LogP contribution in [0.5, 0.6) is 0 Å². The Labute approximate surface area is 224 Å². The van der Waals surface area contributed by atoms with Gasteiger partial charge in [-0.2, -0.15) is 0 Å². The molecule has 37 heavy (non-hydrogen) atoms. The van der Waals surface area contributed by atoms with Crippen LogP contribution in [0.15, 0.2) is 54.6 Å². The fourth-order valence-corrected chi connectivity index (χ4v) is 5.37. The third-order valence-electron chi connectivity index (χ3n) is 7.42. The van der Waals surface area contributed by atoms with Gasteiger partial charge in [0.05, 0.1) is 11.3 Å². The molecule has 1 aromatic heterocycles. The zero-order valence-corrected chi connectivity index (χ0v) is 22.2.